The van der Waals surface area contributed by atoms with Crippen LogP contribution in [0, 0.1) is 6.92 Å². The zero-order valence-corrected chi connectivity index (χ0v) is 10.9. The molecule has 0 bridgehead atoms. The smallest absolute Gasteiger partial charge is 0.323 e. The average Bonchev–Trinajstić information content (AvgIpc) is 3.10. The van der Waals surface area contributed by atoms with E-state index >= 15 is 0 Å². The third kappa shape index (κ3) is 3.97. The summed E-state index contributed by atoms with van der Waals surface area (Å²) in [7, 11) is 0. The molecule has 1 aromatic heterocycles. The van der Waals surface area contributed by atoms with Crippen LogP contribution in [-0.4, -0.2) is 50.9 Å². The Kier molecular flexibility index (Phi) is 4.03. The number of hydrogen-bond acceptors (Lipinski definition) is 3. The van der Waals surface area contributed by atoms with Crippen LogP contribution >= 0.6 is 0 Å². The highest BCUT2D eigenvalue weighted by atomic mass is 16.4. The van der Waals surface area contributed by atoms with Crippen molar-refractivity contribution in [2.45, 2.75) is 32.4 Å². The molecular formula is C12H18N4O3. The van der Waals surface area contributed by atoms with Gasteiger partial charge in [0.25, 0.3) is 0 Å². The zero-order valence-electron chi connectivity index (χ0n) is 10.9. The Morgan fingerprint density at radius 3 is 2.84 bits per heavy atom. The second kappa shape index (κ2) is 5.73. The quantitative estimate of drug-likeness (QED) is 0.782. The number of aryl methyl sites for hydroxylation is 1. The summed E-state index contributed by atoms with van der Waals surface area (Å²) in [5.41, 5.74) is 1.07. The van der Waals surface area contributed by atoms with E-state index in [-0.39, 0.29) is 18.6 Å². The first-order chi connectivity index (χ1) is 9.06. The minimum absolute atomic E-state index is 0.0862. The standard InChI is InChI=1S/C12H18N4O3/c1-9-6-14-15(7-9)5-4-13-12(19)16(8-11(17)18)10-2-3-10/h6-7,10H,2-5,8H2,1H3,(H,13,19)(H,17,18). The van der Waals surface area contributed by atoms with Crippen molar-refractivity contribution < 1.29 is 14.7 Å². The van der Waals surface area contributed by atoms with E-state index in [1.54, 1.807) is 10.9 Å². The van der Waals surface area contributed by atoms with Gasteiger partial charge < -0.3 is 15.3 Å². The van der Waals surface area contributed by atoms with E-state index in [0.717, 1.165) is 18.4 Å². The Morgan fingerprint density at radius 2 is 2.32 bits per heavy atom. The lowest BCUT2D eigenvalue weighted by Gasteiger charge is -2.20. The van der Waals surface area contributed by atoms with Gasteiger partial charge in [-0.1, -0.05) is 0 Å². The van der Waals surface area contributed by atoms with Gasteiger partial charge in [0.1, 0.15) is 6.54 Å². The summed E-state index contributed by atoms with van der Waals surface area (Å²) in [5, 5.41) is 15.6. The molecule has 1 aliphatic carbocycles. The van der Waals surface area contributed by atoms with Crippen molar-refractivity contribution in [3.8, 4) is 0 Å². The Balaban J connectivity index is 1.77. The third-order valence-electron chi connectivity index (χ3n) is 2.93. The van der Waals surface area contributed by atoms with Crippen LogP contribution < -0.4 is 5.32 Å². The third-order valence-corrected chi connectivity index (χ3v) is 2.93. The van der Waals surface area contributed by atoms with E-state index in [2.05, 4.69) is 10.4 Å². The van der Waals surface area contributed by atoms with Gasteiger partial charge in [0.2, 0.25) is 0 Å². The number of carbonyl (C=O) groups is 2. The van der Waals surface area contributed by atoms with Gasteiger partial charge in [-0.3, -0.25) is 9.48 Å². The van der Waals surface area contributed by atoms with Gasteiger partial charge >= 0.3 is 12.0 Å². The van der Waals surface area contributed by atoms with E-state index in [9.17, 15) is 9.59 Å². The normalized spacial score (nSPS) is 14.2. The highest BCUT2D eigenvalue weighted by Gasteiger charge is 2.33. The minimum Gasteiger partial charge on any atom is -0.480 e. The molecule has 2 N–H and O–H groups in total. The van der Waals surface area contributed by atoms with Crippen molar-refractivity contribution in [3.63, 3.8) is 0 Å². The number of hydrogen-bond donors (Lipinski definition) is 2. The Hall–Kier alpha value is -2.05. The van der Waals surface area contributed by atoms with Crippen LogP contribution in [0.5, 0.6) is 0 Å². The fraction of sp³-hybridized carbons (Fsp3) is 0.583. The first kappa shape index (κ1) is 13.4. The maximum absolute atomic E-state index is 11.9. The topological polar surface area (TPSA) is 87.5 Å². The number of aromatic nitrogens is 2. The maximum Gasteiger partial charge on any atom is 0.323 e. The number of nitrogens with zero attached hydrogens (tertiary/aromatic N) is 3. The molecule has 1 aliphatic rings. The average molecular weight is 266 g/mol. The summed E-state index contributed by atoms with van der Waals surface area (Å²) >= 11 is 0. The number of nitrogens with one attached hydrogen (secondary N) is 1. The highest BCUT2D eigenvalue weighted by molar-refractivity contribution is 5.80. The van der Waals surface area contributed by atoms with Crippen LogP contribution in [-0.2, 0) is 11.3 Å². The van der Waals surface area contributed by atoms with E-state index in [1.165, 1.54) is 4.90 Å². The predicted molar refractivity (Wildman–Crippen MR) is 67.7 cm³/mol. The minimum atomic E-state index is -0.982. The summed E-state index contributed by atoms with van der Waals surface area (Å²) in [6, 6.07) is -0.225. The molecule has 0 atom stereocenters. The van der Waals surface area contributed by atoms with Gasteiger partial charge in [-0.05, 0) is 25.3 Å². The van der Waals surface area contributed by atoms with Crippen LogP contribution in [0.4, 0.5) is 4.79 Å². The van der Waals surface area contributed by atoms with E-state index in [1.807, 2.05) is 13.1 Å². The molecule has 1 heterocycles. The molecule has 104 valence electrons. The van der Waals surface area contributed by atoms with Crippen LogP contribution in [0.15, 0.2) is 12.4 Å². The maximum atomic E-state index is 11.9. The fourth-order valence-corrected chi connectivity index (χ4v) is 1.87. The SMILES string of the molecule is Cc1cnn(CCNC(=O)N(CC(=O)O)C2CC2)c1. The van der Waals surface area contributed by atoms with Crippen LogP contribution in [0.25, 0.3) is 0 Å². The van der Waals surface area contributed by atoms with Gasteiger partial charge in [0, 0.05) is 18.8 Å². The van der Waals surface area contributed by atoms with Crippen molar-refractivity contribution in [2.75, 3.05) is 13.1 Å². The second-order valence-corrected chi connectivity index (χ2v) is 4.77. The predicted octanol–water partition coefficient (Wildman–Crippen LogP) is 0.450. The lowest BCUT2D eigenvalue weighted by molar-refractivity contribution is -0.137. The summed E-state index contributed by atoms with van der Waals surface area (Å²) < 4.78 is 1.74. The molecule has 0 saturated heterocycles. The lowest BCUT2D eigenvalue weighted by Crippen LogP contribution is -2.44. The highest BCUT2D eigenvalue weighted by Crippen LogP contribution is 2.26. The number of carboxylic acid groups (broad SMARTS) is 1. The largest absolute Gasteiger partial charge is 0.480 e. The first-order valence-corrected chi connectivity index (χ1v) is 6.31. The van der Waals surface area contributed by atoms with Gasteiger partial charge in [0.05, 0.1) is 12.7 Å². The molecule has 1 fully saturated rings. The summed E-state index contributed by atoms with van der Waals surface area (Å²) in [6.07, 6.45) is 5.42. The Labute approximate surface area is 111 Å². The molecule has 1 saturated carbocycles. The summed E-state index contributed by atoms with van der Waals surface area (Å²) in [6.45, 7) is 2.72. The molecular weight excluding hydrogens is 248 g/mol. The lowest BCUT2D eigenvalue weighted by atomic mass is 10.4. The molecule has 2 amide bonds. The van der Waals surface area contributed by atoms with Crippen LogP contribution in [0.2, 0.25) is 0 Å². The van der Waals surface area contributed by atoms with E-state index in [0.29, 0.717) is 13.1 Å². The Morgan fingerprint density at radius 1 is 1.58 bits per heavy atom. The Bertz CT molecular complexity index is 467. The zero-order chi connectivity index (χ0) is 13.8. The van der Waals surface area contributed by atoms with Crippen molar-refractivity contribution in [1.29, 1.82) is 0 Å². The number of urea groups is 1. The van der Waals surface area contributed by atoms with Crippen molar-refractivity contribution in [1.82, 2.24) is 20.0 Å². The molecule has 7 heteroatoms. The molecule has 0 spiro atoms. The number of amides is 2. The van der Waals surface area contributed by atoms with Crippen LogP contribution in [0.1, 0.15) is 18.4 Å². The van der Waals surface area contributed by atoms with Gasteiger partial charge in [-0.25, -0.2) is 4.79 Å². The number of carbonyl (C=O) groups excluding carboxylic acids is 1. The fourth-order valence-electron chi connectivity index (χ4n) is 1.87. The van der Waals surface area contributed by atoms with E-state index in [4.69, 9.17) is 5.11 Å². The molecule has 1 aromatic rings. The molecule has 2 rings (SSSR count). The second-order valence-electron chi connectivity index (χ2n) is 4.77. The number of rotatable bonds is 6. The molecule has 0 aliphatic heterocycles. The van der Waals surface area contributed by atoms with Crippen LogP contribution in [0.3, 0.4) is 0 Å². The van der Waals surface area contributed by atoms with Crippen molar-refractivity contribution in [2.24, 2.45) is 0 Å². The molecule has 0 radical (unpaired) electrons. The van der Waals surface area contributed by atoms with Gasteiger partial charge in [0.15, 0.2) is 0 Å². The summed E-state index contributed by atoms with van der Waals surface area (Å²) in [5.74, 6) is -0.982. The molecule has 7 nitrogen and oxygen atoms in total. The number of carboxylic acids is 1. The molecule has 0 aromatic carbocycles. The monoisotopic (exact) mass is 266 g/mol. The summed E-state index contributed by atoms with van der Waals surface area (Å²) in [4.78, 5) is 24.0. The van der Waals surface area contributed by atoms with Crippen molar-refractivity contribution >= 4 is 12.0 Å². The molecule has 19 heavy (non-hydrogen) atoms. The van der Waals surface area contributed by atoms with Gasteiger partial charge in [-0.15, -0.1) is 0 Å². The van der Waals surface area contributed by atoms with Gasteiger partial charge in [-0.2, -0.15) is 5.10 Å². The van der Waals surface area contributed by atoms with E-state index < -0.39 is 5.97 Å². The van der Waals surface area contributed by atoms with Crippen molar-refractivity contribution in [3.05, 3.63) is 18.0 Å². The first-order valence-electron chi connectivity index (χ1n) is 6.31. The molecule has 0 unspecified atom stereocenters. The number of aliphatic carboxylic acids is 1.